The van der Waals surface area contributed by atoms with Crippen LogP contribution < -0.4 is 16.0 Å². The monoisotopic (exact) mass is 338 g/mol. The average Bonchev–Trinajstić information content (AvgIpc) is 2.83. The number of ether oxygens (including phenoxy) is 1. The molecule has 108 valence electrons. The molecule has 0 aliphatic heterocycles. The largest absolute Gasteiger partial charge is 0.496 e. The minimum atomic E-state index is -0.203. The zero-order valence-corrected chi connectivity index (χ0v) is 13.4. The summed E-state index contributed by atoms with van der Waals surface area (Å²) in [7, 11) is 1.65. The Morgan fingerprint density at radius 1 is 1.35 bits per heavy atom. The lowest BCUT2D eigenvalue weighted by Crippen LogP contribution is -2.31. The number of nitrogens with zero attached hydrogens (tertiary/aromatic N) is 2. The number of methoxy groups -OCH3 is 1. The molecule has 1 aromatic carbocycles. The van der Waals surface area contributed by atoms with E-state index in [0.29, 0.717) is 0 Å². The molecule has 2 aromatic rings. The SMILES string of the molecule is COc1ccccc1C(NN)c1c(Br)cnn1C(C)C. The summed E-state index contributed by atoms with van der Waals surface area (Å²) in [6.45, 7) is 4.16. The first-order valence-corrected chi connectivity index (χ1v) is 7.21. The first-order valence-electron chi connectivity index (χ1n) is 6.42. The van der Waals surface area contributed by atoms with Gasteiger partial charge in [0.1, 0.15) is 5.75 Å². The Kier molecular flexibility index (Phi) is 4.80. The maximum atomic E-state index is 5.79. The van der Waals surface area contributed by atoms with E-state index >= 15 is 0 Å². The minimum Gasteiger partial charge on any atom is -0.496 e. The van der Waals surface area contributed by atoms with E-state index in [1.54, 1.807) is 13.3 Å². The van der Waals surface area contributed by atoms with E-state index in [-0.39, 0.29) is 12.1 Å². The number of hydrogen-bond acceptors (Lipinski definition) is 4. The maximum Gasteiger partial charge on any atom is 0.124 e. The number of nitrogens with one attached hydrogen (secondary N) is 1. The number of aromatic nitrogens is 2. The van der Waals surface area contributed by atoms with Crippen molar-refractivity contribution in [1.82, 2.24) is 15.2 Å². The molecule has 0 aliphatic rings. The first-order chi connectivity index (χ1) is 9.60. The van der Waals surface area contributed by atoms with Gasteiger partial charge in [-0.05, 0) is 35.8 Å². The standard InChI is InChI=1S/C14H19BrN4O/c1-9(2)19-14(11(15)8-17-19)13(18-16)10-6-4-5-7-12(10)20-3/h4-9,13,18H,16H2,1-3H3. The molecular weight excluding hydrogens is 320 g/mol. The second-order valence-corrected chi connectivity index (χ2v) is 5.61. The lowest BCUT2D eigenvalue weighted by molar-refractivity contribution is 0.399. The Labute approximate surface area is 127 Å². The van der Waals surface area contributed by atoms with Crippen LogP contribution in [-0.4, -0.2) is 16.9 Å². The molecule has 0 saturated carbocycles. The fourth-order valence-corrected chi connectivity index (χ4v) is 2.76. The third-order valence-electron chi connectivity index (χ3n) is 3.17. The van der Waals surface area contributed by atoms with Crippen LogP contribution in [-0.2, 0) is 0 Å². The lowest BCUT2D eigenvalue weighted by atomic mass is 10.0. The van der Waals surface area contributed by atoms with Gasteiger partial charge in [0.25, 0.3) is 0 Å². The Balaban J connectivity index is 2.55. The van der Waals surface area contributed by atoms with Crippen LogP contribution >= 0.6 is 15.9 Å². The molecule has 5 nitrogen and oxygen atoms in total. The van der Waals surface area contributed by atoms with Crippen LogP contribution in [0, 0.1) is 0 Å². The molecular formula is C14H19BrN4O. The molecule has 2 rings (SSSR count). The molecule has 6 heteroatoms. The maximum absolute atomic E-state index is 5.79. The van der Waals surface area contributed by atoms with Gasteiger partial charge in [0.15, 0.2) is 0 Å². The predicted molar refractivity (Wildman–Crippen MR) is 82.5 cm³/mol. The van der Waals surface area contributed by atoms with E-state index in [2.05, 4.69) is 40.3 Å². The Morgan fingerprint density at radius 2 is 2.05 bits per heavy atom. The summed E-state index contributed by atoms with van der Waals surface area (Å²) >= 11 is 3.55. The topological polar surface area (TPSA) is 65.1 Å². The van der Waals surface area contributed by atoms with E-state index < -0.39 is 0 Å². The summed E-state index contributed by atoms with van der Waals surface area (Å²) in [6, 6.07) is 7.85. The highest BCUT2D eigenvalue weighted by Crippen LogP contribution is 2.34. The zero-order chi connectivity index (χ0) is 14.7. The Hall–Kier alpha value is -1.37. The summed E-state index contributed by atoms with van der Waals surface area (Å²) in [5.41, 5.74) is 4.81. The van der Waals surface area contributed by atoms with Gasteiger partial charge in [-0.2, -0.15) is 5.10 Å². The van der Waals surface area contributed by atoms with Crippen molar-refractivity contribution in [3.63, 3.8) is 0 Å². The molecule has 20 heavy (non-hydrogen) atoms. The van der Waals surface area contributed by atoms with Crippen molar-refractivity contribution in [3.05, 3.63) is 46.2 Å². The number of hydrazine groups is 1. The van der Waals surface area contributed by atoms with Crippen LogP contribution in [0.3, 0.4) is 0 Å². The molecule has 3 N–H and O–H groups in total. The van der Waals surface area contributed by atoms with E-state index in [0.717, 1.165) is 21.5 Å². The van der Waals surface area contributed by atoms with Crippen molar-refractivity contribution in [2.45, 2.75) is 25.9 Å². The Morgan fingerprint density at radius 3 is 2.65 bits per heavy atom. The quantitative estimate of drug-likeness (QED) is 0.649. The van der Waals surface area contributed by atoms with Crippen LogP contribution in [0.2, 0.25) is 0 Å². The zero-order valence-electron chi connectivity index (χ0n) is 11.8. The summed E-state index contributed by atoms with van der Waals surface area (Å²) < 4.78 is 8.29. The number of benzene rings is 1. The molecule has 1 heterocycles. The van der Waals surface area contributed by atoms with Crippen LogP contribution in [0.1, 0.15) is 37.2 Å². The molecule has 0 amide bonds. The van der Waals surface area contributed by atoms with Crippen LogP contribution in [0.5, 0.6) is 5.75 Å². The van der Waals surface area contributed by atoms with E-state index in [1.165, 1.54) is 0 Å². The smallest absolute Gasteiger partial charge is 0.124 e. The Bertz CT molecular complexity index is 582. The van der Waals surface area contributed by atoms with Gasteiger partial charge < -0.3 is 4.74 Å². The fraction of sp³-hybridized carbons (Fsp3) is 0.357. The highest BCUT2D eigenvalue weighted by Gasteiger charge is 2.24. The van der Waals surface area contributed by atoms with Gasteiger partial charge in [0.05, 0.1) is 29.5 Å². The molecule has 1 atom stereocenters. The van der Waals surface area contributed by atoms with Crippen molar-refractivity contribution >= 4 is 15.9 Å². The third kappa shape index (κ3) is 2.72. The molecule has 0 spiro atoms. The highest BCUT2D eigenvalue weighted by molar-refractivity contribution is 9.10. The lowest BCUT2D eigenvalue weighted by Gasteiger charge is -2.22. The molecule has 0 bridgehead atoms. The van der Waals surface area contributed by atoms with Crippen LogP contribution in [0.15, 0.2) is 34.9 Å². The van der Waals surface area contributed by atoms with E-state index in [1.807, 2.05) is 28.9 Å². The number of hydrogen-bond donors (Lipinski definition) is 2. The van der Waals surface area contributed by atoms with Crippen LogP contribution in [0.25, 0.3) is 0 Å². The average molecular weight is 339 g/mol. The number of nitrogens with two attached hydrogens (primary N) is 1. The normalized spacial score (nSPS) is 12.7. The van der Waals surface area contributed by atoms with Gasteiger partial charge in [-0.15, -0.1) is 0 Å². The van der Waals surface area contributed by atoms with E-state index in [4.69, 9.17) is 10.6 Å². The minimum absolute atomic E-state index is 0.203. The third-order valence-corrected chi connectivity index (χ3v) is 3.78. The molecule has 1 aromatic heterocycles. The van der Waals surface area contributed by atoms with Gasteiger partial charge >= 0.3 is 0 Å². The molecule has 0 aliphatic carbocycles. The molecule has 1 unspecified atom stereocenters. The molecule has 0 fully saturated rings. The second kappa shape index (κ2) is 6.39. The highest BCUT2D eigenvalue weighted by atomic mass is 79.9. The van der Waals surface area contributed by atoms with Crippen molar-refractivity contribution < 1.29 is 4.74 Å². The van der Waals surface area contributed by atoms with Gasteiger partial charge in [0.2, 0.25) is 0 Å². The van der Waals surface area contributed by atoms with E-state index in [9.17, 15) is 0 Å². The first kappa shape index (κ1) is 15.0. The van der Waals surface area contributed by atoms with Crippen molar-refractivity contribution in [1.29, 1.82) is 0 Å². The molecule has 0 saturated heterocycles. The van der Waals surface area contributed by atoms with Gasteiger partial charge in [-0.1, -0.05) is 18.2 Å². The summed E-state index contributed by atoms with van der Waals surface area (Å²) in [6.07, 6.45) is 1.79. The van der Waals surface area contributed by atoms with Crippen molar-refractivity contribution in [2.75, 3.05) is 7.11 Å². The second-order valence-electron chi connectivity index (χ2n) is 4.76. The van der Waals surface area contributed by atoms with Gasteiger partial charge in [-0.25, -0.2) is 5.43 Å². The van der Waals surface area contributed by atoms with Gasteiger partial charge in [-0.3, -0.25) is 10.5 Å². The number of rotatable bonds is 5. The number of halogens is 1. The fourth-order valence-electron chi connectivity index (χ4n) is 2.25. The van der Waals surface area contributed by atoms with Crippen LogP contribution in [0.4, 0.5) is 0 Å². The summed E-state index contributed by atoms with van der Waals surface area (Å²) in [4.78, 5) is 0. The summed E-state index contributed by atoms with van der Waals surface area (Å²) in [5.74, 6) is 6.58. The van der Waals surface area contributed by atoms with Crippen molar-refractivity contribution in [3.8, 4) is 5.75 Å². The van der Waals surface area contributed by atoms with Crippen molar-refractivity contribution in [2.24, 2.45) is 5.84 Å². The number of para-hydroxylation sites is 1. The predicted octanol–water partition coefficient (Wildman–Crippen LogP) is 2.79. The summed E-state index contributed by atoms with van der Waals surface area (Å²) in [5, 5.41) is 4.40. The van der Waals surface area contributed by atoms with Gasteiger partial charge in [0, 0.05) is 11.6 Å². The molecule has 0 radical (unpaired) electrons.